The fourth-order valence-corrected chi connectivity index (χ4v) is 3.54. The van der Waals surface area contributed by atoms with Gasteiger partial charge in [0.1, 0.15) is 6.54 Å². The first-order valence-corrected chi connectivity index (χ1v) is 8.70. The second-order valence-electron chi connectivity index (χ2n) is 5.63. The predicted molar refractivity (Wildman–Crippen MR) is 89.3 cm³/mol. The number of rotatable bonds is 5. The fraction of sp³-hybridized carbons (Fsp3) is 0.438. The molecular formula is C16H19N3O3S. The zero-order valence-corrected chi connectivity index (χ0v) is 13.6. The van der Waals surface area contributed by atoms with Gasteiger partial charge < -0.3 is 15.1 Å². The topological polar surface area (TPSA) is 69.7 Å². The lowest BCUT2D eigenvalue weighted by Crippen LogP contribution is -2.36. The summed E-state index contributed by atoms with van der Waals surface area (Å²) in [4.78, 5) is 38.4. The van der Waals surface area contributed by atoms with E-state index in [0.717, 1.165) is 30.0 Å². The minimum absolute atomic E-state index is 0.0280. The van der Waals surface area contributed by atoms with Crippen molar-refractivity contribution >= 4 is 34.5 Å². The Kier molecular flexibility index (Phi) is 4.85. The molecule has 0 saturated carbocycles. The summed E-state index contributed by atoms with van der Waals surface area (Å²) in [7, 11) is 0. The Morgan fingerprint density at radius 3 is 2.57 bits per heavy atom. The number of anilines is 1. The molecule has 0 spiro atoms. The van der Waals surface area contributed by atoms with Crippen LogP contribution < -0.4 is 10.2 Å². The molecule has 1 aromatic carbocycles. The van der Waals surface area contributed by atoms with Crippen molar-refractivity contribution in [3.8, 4) is 0 Å². The van der Waals surface area contributed by atoms with Crippen molar-refractivity contribution in [3.63, 3.8) is 0 Å². The Hall–Kier alpha value is -2.02. The van der Waals surface area contributed by atoms with Gasteiger partial charge in [-0.2, -0.15) is 0 Å². The lowest BCUT2D eigenvalue weighted by atomic mass is 10.2. The number of thioether (sulfide) groups is 1. The predicted octanol–water partition coefficient (Wildman–Crippen LogP) is 1.60. The molecule has 1 N–H and O–H groups in total. The van der Waals surface area contributed by atoms with Crippen LogP contribution in [0.25, 0.3) is 0 Å². The van der Waals surface area contributed by atoms with Crippen molar-refractivity contribution in [1.29, 1.82) is 0 Å². The van der Waals surface area contributed by atoms with Crippen LogP contribution >= 0.6 is 11.8 Å². The zero-order chi connectivity index (χ0) is 16.2. The molecule has 2 heterocycles. The highest BCUT2D eigenvalue weighted by atomic mass is 32.2. The molecule has 0 radical (unpaired) electrons. The lowest BCUT2D eigenvalue weighted by molar-refractivity contribution is -0.121. The first-order chi connectivity index (χ1) is 11.1. The SMILES string of the molecule is O=C(CN1CCSC1=O)NCc1ccc(N2CCCC2=O)cc1. The van der Waals surface area contributed by atoms with E-state index in [2.05, 4.69) is 5.32 Å². The van der Waals surface area contributed by atoms with Crippen molar-refractivity contribution in [1.82, 2.24) is 10.2 Å². The molecule has 2 saturated heterocycles. The molecule has 0 unspecified atom stereocenters. The average molecular weight is 333 g/mol. The van der Waals surface area contributed by atoms with Gasteiger partial charge in [0, 0.05) is 37.5 Å². The summed E-state index contributed by atoms with van der Waals surface area (Å²) in [5.41, 5.74) is 1.87. The largest absolute Gasteiger partial charge is 0.350 e. The van der Waals surface area contributed by atoms with Crippen molar-refractivity contribution in [2.75, 3.05) is 30.3 Å². The number of nitrogens with one attached hydrogen (secondary N) is 1. The summed E-state index contributed by atoms with van der Waals surface area (Å²) in [5.74, 6) is 0.766. The normalized spacial score (nSPS) is 17.9. The smallest absolute Gasteiger partial charge is 0.282 e. The summed E-state index contributed by atoms with van der Waals surface area (Å²) in [6, 6.07) is 7.65. The van der Waals surface area contributed by atoms with Gasteiger partial charge in [-0.15, -0.1) is 0 Å². The summed E-state index contributed by atoms with van der Waals surface area (Å²) in [5, 5.41) is 2.79. The first kappa shape index (κ1) is 15.9. The third-order valence-corrected chi connectivity index (χ3v) is 4.88. The van der Waals surface area contributed by atoms with Gasteiger partial charge in [0.05, 0.1) is 0 Å². The molecule has 1 aromatic rings. The van der Waals surface area contributed by atoms with Crippen LogP contribution in [0.5, 0.6) is 0 Å². The molecule has 0 atom stereocenters. The van der Waals surface area contributed by atoms with Crippen molar-refractivity contribution in [2.24, 2.45) is 0 Å². The van der Waals surface area contributed by atoms with Crippen LogP contribution in [0.1, 0.15) is 18.4 Å². The third-order valence-electron chi connectivity index (χ3n) is 3.99. The van der Waals surface area contributed by atoms with Crippen LogP contribution in [-0.2, 0) is 16.1 Å². The van der Waals surface area contributed by atoms with E-state index in [1.54, 1.807) is 9.80 Å². The number of nitrogens with zero attached hydrogens (tertiary/aromatic N) is 2. The Morgan fingerprint density at radius 1 is 1.17 bits per heavy atom. The second kappa shape index (κ2) is 7.04. The number of hydrogen-bond donors (Lipinski definition) is 1. The van der Waals surface area contributed by atoms with E-state index in [9.17, 15) is 14.4 Å². The molecule has 2 fully saturated rings. The van der Waals surface area contributed by atoms with Crippen molar-refractivity contribution in [2.45, 2.75) is 19.4 Å². The quantitative estimate of drug-likeness (QED) is 0.888. The number of amides is 3. The van der Waals surface area contributed by atoms with Gasteiger partial charge in [0.15, 0.2) is 0 Å². The van der Waals surface area contributed by atoms with Gasteiger partial charge in [-0.25, -0.2) is 0 Å². The lowest BCUT2D eigenvalue weighted by Gasteiger charge is -2.16. The summed E-state index contributed by atoms with van der Waals surface area (Å²) in [6.07, 6.45) is 1.52. The molecule has 7 heteroatoms. The molecule has 2 aliphatic rings. The van der Waals surface area contributed by atoms with E-state index in [0.29, 0.717) is 19.5 Å². The Labute approximate surface area is 139 Å². The maximum absolute atomic E-state index is 11.9. The molecule has 3 rings (SSSR count). The minimum Gasteiger partial charge on any atom is -0.350 e. The molecule has 2 aliphatic heterocycles. The molecule has 23 heavy (non-hydrogen) atoms. The Bertz CT molecular complexity index is 618. The van der Waals surface area contributed by atoms with Gasteiger partial charge in [-0.05, 0) is 24.1 Å². The van der Waals surface area contributed by atoms with Crippen molar-refractivity contribution in [3.05, 3.63) is 29.8 Å². The molecule has 3 amide bonds. The van der Waals surface area contributed by atoms with E-state index < -0.39 is 0 Å². The van der Waals surface area contributed by atoms with Crippen LogP contribution in [-0.4, -0.2) is 47.3 Å². The third kappa shape index (κ3) is 3.85. The highest BCUT2D eigenvalue weighted by Gasteiger charge is 2.23. The molecule has 0 aliphatic carbocycles. The molecule has 6 nitrogen and oxygen atoms in total. The summed E-state index contributed by atoms with van der Waals surface area (Å²) in [6.45, 7) is 1.95. The fourth-order valence-electron chi connectivity index (χ4n) is 2.71. The van der Waals surface area contributed by atoms with Gasteiger partial charge in [-0.3, -0.25) is 14.4 Å². The molecular weight excluding hydrogens is 314 g/mol. The second-order valence-corrected chi connectivity index (χ2v) is 6.67. The van der Waals surface area contributed by atoms with Crippen LogP contribution in [0.3, 0.4) is 0 Å². The van der Waals surface area contributed by atoms with E-state index in [1.165, 1.54) is 11.8 Å². The van der Waals surface area contributed by atoms with E-state index >= 15 is 0 Å². The van der Waals surface area contributed by atoms with Gasteiger partial charge in [-0.1, -0.05) is 23.9 Å². The number of carbonyl (C=O) groups is 3. The number of hydrogen-bond acceptors (Lipinski definition) is 4. The van der Waals surface area contributed by atoms with Gasteiger partial charge in [0.2, 0.25) is 11.8 Å². The monoisotopic (exact) mass is 333 g/mol. The maximum atomic E-state index is 11.9. The molecule has 122 valence electrons. The first-order valence-electron chi connectivity index (χ1n) is 7.71. The highest BCUT2D eigenvalue weighted by molar-refractivity contribution is 8.13. The van der Waals surface area contributed by atoms with Crippen LogP contribution in [0.15, 0.2) is 24.3 Å². The number of carbonyl (C=O) groups excluding carboxylic acids is 3. The van der Waals surface area contributed by atoms with Crippen molar-refractivity contribution < 1.29 is 14.4 Å². The van der Waals surface area contributed by atoms with Crippen LogP contribution in [0, 0.1) is 0 Å². The van der Waals surface area contributed by atoms with Gasteiger partial charge >= 0.3 is 0 Å². The van der Waals surface area contributed by atoms with Crippen LogP contribution in [0.2, 0.25) is 0 Å². The molecule has 0 aromatic heterocycles. The van der Waals surface area contributed by atoms with E-state index in [4.69, 9.17) is 0 Å². The number of benzene rings is 1. The Balaban J connectivity index is 1.49. The van der Waals surface area contributed by atoms with Gasteiger partial charge in [0.25, 0.3) is 5.24 Å². The Morgan fingerprint density at radius 2 is 1.96 bits per heavy atom. The summed E-state index contributed by atoms with van der Waals surface area (Å²) < 4.78 is 0. The average Bonchev–Trinajstić information content (AvgIpc) is 3.15. The van der Waals surface area contributed by atoms with E-state index in [1.807, 2.05) is 24.3 Å². The molecule has 0 bridgehead atoms. The highest BCUT2D eigenvalue weighted by Crippen LogP contribution is 2.21. The standard InChI is InChI=1S/C16H19N3O3S/c20-14(11-18-8-9-23-16(18)22)17-10-12-3-5-13(6-4-12)19-7-1-2-15(19)21/h3-6H,1-2,7-11H2,(H,17,20). The van der Waals surface area contributed by atoms with Crippen LogP contribution in [0.4, 0.5) is 10.5 Å². The summed E-state index contributed by atoms with van der Waals surface area (Å²) >= 11 is 1.25. The minimum atomic E-state index is -0.153. The maximum Gasteiger partial charge on any atom is 0.282 e. The van der Waals surface area contributed by atoms with E-state index in [-0.39, 0.29) is 23.6 Å². The zero-order valence-electron chi connectivity index (χ0n) is 12.8.